The zero-order valence-corrected chi connectivity index (χ0v) is 13.1. The fraction of sp³-hybridized carbons (Fsp3) is 0.471. The van der Waals surface area contributed by atoms with E-state index in [0.717, 1.165) is 29.2 Å². The summed E-state index contributed by atoms with van der Waals surface area (Å²) in [7, 11) is 0. The first-order chi connectivity index (χ1) is 9.55. The molecule has 0 radical (unpaired) electrons. The molecule has 0 atom stereocenters. The third-order valence-electron chi connectivity index (χ3n) is 3.27. The van der Waals surface area contributed by atoms with E-state index in [9.17, 15) is 0 Å². The van der Waals surface area contributed by atoms with Gasteiger partial charge >= 0.3 is 0 Å². The fourth-order valence-electron chi connectivity index (χ4n) is 2.22. The van der Waals surface area contributed by atoms with E-state index in [2.05, 4.69) is 37.6 Å². The summed E-state index contributed by atoms with van der Waals surface area (Å²) in [6.45, 7) is 12.1. The van der Waals surface area contributed by atoms with E-state index in [1.807, 2.05) is 32.0 Å². The van der Waals surface area contributed by atoms with Crippen molar-refractivity contribution >= 4 is 0 Å². The first-order valence-corrected chi connectivity index (χ1v) is 7.36. The number of hydrogen-bond donors (Lipinski definition) is 0. The van der Waals surface area contributed by atoms with Crippen LogP contribution in [0.1, 0.15) is 40.3 Å². The zero-order valence-electron chi connectivity index (χ0n) is 13.1. The number of nitrogens with zero attached hydrogens (tertiary/aromatic N) is 2. The number of ether oxygens (including phenoxy) is 1. The van der Waals surface area contributed by atoms with Gasteiger partial charge in [0.25, 0.3) is 0 Å². The Kier molecular flexibility index (Phi) is 4.17. The van der Waals surface area contributed by atoms with Crippen molar-refractivity contribution < 1.29 is 4.74 Å². The molecule has 0 N–H and O–H groups in total. The maximum Gasteiger partial charge on any atom is 0.128 e. The average molecular weight is 272 g/mol. The summed E-state index contributed by atoms with van der Waals surface area (Å²) < 4.78 is 7.82. The Morgan fingerprint density at radius 1 is 1.15 bits per heavy atom. The lowest BCUT2D eigenvalue weighted by Gasteiger charge is -2.14. The van der Waals surface area contributed by atoms with E-state index < -0.39 is 0 Å². The van der Waals surface area contributed by atoms with Crippen LogP contribution in [0.25, 0.3) is 11.3 Å². The highest BCUT2D eigenvalue weighted by atomic mass is 16.5. The van der Waals surface area contributed by atoms with Crippen LogP contribution in [0, 0.1) is 0 Å². The Hall–Kier alpha value is -1.77. The molecule has 0 unspecified atom stereocenters. The normalized spacial score (nSPS) is 13.2. The molecule has 1 aliphatic heterocycles. The molecule has 0 bridgehead atoms. The number of hydrogen-bond acceptors (Lipinski definition) is 2. The zero-order chi connectivity index (χ0) is 14.8. The van der Waals surface area contributed by atoms with Gasteiger partial charge in [0, 0.05) is 11.0 Å². The molecule has 0 saturated heterocycles. The second-order valence-electron chi connectivity index (χ2n) is 5.73. The molecule has 2 aromatic rings. The van der Waals surface area contributed by atoms with Crippen LogP contribution in [0.4, 0.5) is 0 Å². The molecule has 0 saturated carbocycles. The molecule has 2 heterocycles. The monoisotopic (exact) mass is 272 g/mol. The summed E-state index contributed by atoms with van der Waals surface area (Å²) in [6, 6.07) is 10.4. The van der Waals surface area contributed by atoms with Crippen molar-refractivity contribution in [2.75, 3.05) is 6.61 Å². The van der Waals surface area contributed by atoms with Gasteiger partial charge in [-0.05, 0) is 18.2 Å². The van der Waals surface area contributed by atoms with E-state index in [0.29, 0.717) is 6.61 Å². The Morgan fingerprint density at radius 2 is 1.85 bits per heavy atom. The molecule has 1 aromatic heterocycles. The molecule has 0 amide bonds. The minimum absolute atomic E-state index is 0.0784. The predicted octanol–water partition coefficient (Wildman–Crippen LogP) is 4.27. The largest absolute Gasteiger partial charge is 0.491 e. The maximum absolute atomic E-state index is 5.75. The van der Waals surface area contributed by atoms with Crippen LogP contribution >= 0.6 is 0 Å². The lowest BCUT2D eigenvalue weighted by Crippen LogP contribution is -2.14. The van der Waals surface area contributed by atoms with E-state index in [4.69, 9.17) is 9.84 Å². The van der Waals surface area contributed by atoms with Gasteiger partial charge in [0.05, 0.1) is 17.9 Å². The van der Waals surface area contributed by atoms with Crippen molar-refractivity contribution in [2.24, 2.45) is 0 Å². The molecule has 1 aliphatic rings. The van der Waals surface area contributed by atoms with Crippen LogP contribution in [0.15, 0.2) is 30.3 Å². The van der Waals surface area contributed by atoms with Gasteiger partial charge in [-0.15, -0.1) is 0 Å². The van der Waals surface area contributed by atoms with Gasteiger partial charge in [-0.1, -0.05) is 46.8 Å². The van der Waals surface area contributed by atoms with Crippen molar-refractivity contribution in [3.8, 4) is 17.0 Å². The molecular formula is C17H24N2O. The van der Waals surface area contributed by atoms with Gasteiger partial charge < -0.3 is 4.74 Å². The number of aromatic nitrogens is 2. The van der Waals surface area contributed by atoms with Gasteiger partial charge in [-0.25, -0.2) is 0 Å². The van der Waals surface area contributed by atoms with Gasteiger partial charge in [-0.2, -0.15) is 5.10 Å². The highest BCUT2D eigenvalue weighted by Crippen LogP contribution is 2.34. The Bertz CT molecular complexity index is 579. The molecule has 0 aliphatic carbocycles. The molecule has 0 fully saturated rings. The summed E-state index contributed by atoms with van der Waals surface area (Å²) in [4.78, 5) is 0. The van der Waals surface area contributed by atoms with Crippen molar-refractivity contribution in [1.29, 1.82) is 0 Å². The summed E-state index contributed by atoms with van der Waals surface area (Å²) in [5.74, 6) is 0.955. The topological polar surface area (TPSA) is 27.1 Å². The Balaban J connectivity index is 0.000000704. The molecule has 3 heteroatoms. The number of benzene rings is 1. The molecule has 20 heavy (non-hydrogen) atoms. The van der Waals surface area contributed by atoms with E-state index in [1.54, 1.807) is 0 Å². The number of para-hydroxylation sites is 1. The van der Waals surface area contributed by atoms with Crippen molar-refractivity contribution in [3.05, 3.63) is 36.0 Å². The minimum Gasteiger partial charge on any atom is -0.491 e. The lowest BCUT2D eigenvalue weighted by molar-refractivity contribution is 0.299. The van der Waals surface area contributed by atoms with Crippen LogP contribution in [0.5, 0.6) is 5.75 Å². The molecule has 108 valence electrons. The van der Waals surface area contributed by atoms with Gasteiger partial charge in [0.15, 0.2) is 0 Å². The van der Waals surface area contributed by atoms with Crippen LogP contribution in [0.3, 0.4) is 0 Å². The number of fused-ring (bicyclic) bond motifs is 3. The van der Waals surface area contributed by atoms with Crippen LogP contribution in [-0.4, -0.2) is 16.4 Å². The summed E-state index contributed by atoms with van der Waals surface area (Å²) in [6.07, 6.45) is 0. The van der Waals surface area contributed by atoms with E-state index in [1.165, 1.54) is 0 Å². The maximum atomic E-state index is 5.75. The summed E-state index contributed by atoms with van der Waals surface area (Å²) in [5, 5.41) is 4.72. The van der Waals surface area contributed by atoms with Crippen LogP contribution in [0.2, 0.25) is 0 Å². The van der Waals surface area contributed by atoms with E-state index >= 15 is 0 Å². The second kappa shape index (κ2) is 5.70. The molecule has 1 aromatic carbocycles. The Morgan fingerprint density at radius 3 is 2.55 bits per heavy atom. The SMILES string of the molecule is CC.CC(C)(C)c1cc2n(n1)CCOc1ccccc1-2. The molecule has 3 nitrogen and oxygen atoms in total. The quantitative estimate of drug-likeness (QED) is 0.716. The first-order valence-electron chi connectivity index (χ1n) is 7.36. The fourth-order valence-corrected chi connectivity index (χ4v) is 2.22. The first kappa shape index (κ1) is 14.6. The standard InChI is InChI=1S/C15H18N2O.C2H6/c1-15(2,3)14-10-12-11-6-4-5-7-13(11)18-9-8-17(12)16-14;1-2/h4-7,10H,8-9H2,1-3H3;1-2H3. The summed E-state index contributed by atoms with van der Waals surface area (Å²) >= 11 is 0. The minimum atomic E-state index is 0.0784. The van der Waals surface area contributed by atoms with Crippen molar-refractivity contribution in [1.82, 2.24) is 9.78 Å². The predicted molar refractivity (Wildman–Crippen MR) is 83.2 cm³/mol. The highest BCUT2D eigenvalue weighted by Gasteiger charge is 2.23. The van der Waals surface area contributed by atoms with Gasteiger partial charge in [-0.3, -0.25) is 4.68 Å². The third kappa shape index (κ3) is 2.72. The smallest absolute Gasteiger partial charge is 0.128 e. The third-order valence-corrected chi connectivity index (χ3v) is 3.27. The van der Waals surface area contributed by atoms with Crippen LogP contribution < -0.4 is 4.74 Å². The van der Waals surface area contributed by atoms with Gasteiger partial charge in [0.2, 0.25) is 0 Å². The van der Waals surface area contributed by atoms with Crippen LogP contribution in [-0.2, 0) is 12.0 Å². The van der Waals surface area contributed by atoms with Gasteiger partial charge in [0.1, 0.15) is 12.4 Å². The summed E-state index contributed by atoms with van der Waals surface area (Å²) in [5.41, 5.74) is 3.51. The lowest BCUT2D eigenvalue weighted by atomic mass is 9.92. The second-order valence-corrected chi connectivity index (χ2v) is 5.73. The van der Waals surface area contributed by atoms with Crippen molar-refractivity contribution in [2.45, 2.75) is 46.6 Å². The number of rotatable bonds is 0. The van der Waals surface area contributed by atoms with E-state index in [-0.39, 0.29) is 5.41 Å². The molecular weight excluding hydrogens is 248 g/mol. The Labute approximate surface area is 121 Å². The molecule has 3 rings (SSSR count). The van der Waals surface area contributed by atoms with Crippen molar-refractivity contribution in [3.63, 3.8) is 0 Å². The highest BCUT2D eigenvalue weighted by molar-refractivity contribution is 5.68. The molecule has 0 spiro atoms. The average Bonchev–Trinajstić information content (AvgIpc) is 2.79.